The van der Waals surface area contributed by atoms with E-state index in [-0.39, 0.29) is 0 Å². The van der Waals surface area contributed by atoms with E-state index < -0.39 is 0 Å². The largest absolute Gasteiger partial charge is 0.391 e. The van der Waals surface area contributed by atoms with Crippen LogP contribution in [0.4, 0.5) is 5.00 Å². The lowest BCUT2D eigenvalue weighted by molar-refractivity contribution is 1.42. The molecule has 0 unspecified atom stereocenters. The third-order valence-electron chi connectivity index (χ3n) is 2.75. The lowest BCUT2D eigenvalue weighted by Crippen LogP contribution is -1.76. The highest BCUT2D eigenvalue weighted by molar-refractivity contribution is 7.26. The molecule has 0 aliphatic heterocycles. The van der Waals surface area contributed by atoms with Gasteiger partial charge in [0, 0.05) is 0 Å². The van der Waals surface area contributed by atoms with Crippen molar-refractivity contribution in [2.75, 3.05) is 5.73 Å². The fraction of sp³-hybridized carbons (Fsp3) is 0.154. The van der Waals surface area contributed by atoms with Crippen molar-refractivity contribution in [1.29, 1.82) is 0 Å². The molecule has 2 nitrogen and oxygen atoms in total. The lowest BCUT2D eigenvalue weighted by atomic mass is 10.2. The number of rotatable bonds is 1. The maximum atomic E-state index is 5.84. The molecular weight excluding hydrogens is 248 g/mol. The summed E-state index contributed by atoms with van der Waals surface area (Å²) >= 11 is 3.35. The molecule has 0 amide bonds. The summed E-state index contributed by atoms with van der Waals surface area (Å²) in [6.07, 6.45) is 0. The Kier molecular flexibility index (Phi) is 2.42. The Labute approximate surface area is 108 Å². The molecule has 0 radical (unpaired) electrons. The van der Waals surface area contributed by atoms with Crippen molar-refractivity contribution in [3.05, 3.63) is 35.4 Å². The third kappa shape index (κ3) is 1.73. The summed E-state index contributed by atoms with van der Waals surface area (Å²) in [5, 5.41) is 1.93. The Morgan fingerprint density at radius 3 is 2.59 bits per heavy atom. The van der Waals surface area contributed by atoms with Crippen LogP contribution in [0.5, 0.6) is 0 Å². The molecule has 0 fully saturated rings. The molecule has 0 saturated heterocycles. The molecule has 0 aliphatic rings. The minimum Gasteiger partial charge on any atom is -0.391 e. The molecular formula is C13H12N2S2. The number of nitrogens with two attached hydrogens (primary N) is 1. The number of aromatic nitrogens is 1. The average Bonchev–Trinajstić information content (AvgIpc) is 2.82. The fourth-order valence-corrected chi connectivity index (χ4v) is 4.03. The van der Waals surface area contributed by atoms with E-state index in [9.17, 15) is 0 Å². The second kappa shape index (κ2) is 3.82. The van der Waals surface area contributed by atoms with Gasteiger partial charge in [-0.05, 0) is 37.1 Å². The van der Waals surface area contributed by atoms with Crippen molar-refractivity contribution in [3.63, 3.8) is 0 Å². The maximum Gasteiger partial charge on any atom is 0.134 e. The molecule has 2 N–H and O–H groups in total. The molecule has 17 heavy (non-hydrogen) atoms. The topological polar surface area (TPSA) is 38.9 Å². The number of nitrogens with zero attached hydrogens (tertiary/aromatic N) is 1. The first-order chi connectivity index (χ1) is 8.15. The van der Waals surface area contributed by atoms with E-state index in [1.54, 1.807) is 22.7 Å². The highest BCUT2D eigenvalue weighted by atomic mass is 32.1. The zero-order valence-corrected chi connectivity index (χ0v) is 11.3. The number of thiazole rings is 1. The van der Waals surface area contributed by atoms with E-state index >= 15 is 0 Å². The number of benzene rings is 1. The Morgan fingerprint density at radius 1 is 1.12 bits per heavy atom. The lowest BCUT2D eigenvalue weighted by Gasteiger charge is -1.91. The number of hydrogen-bond acceptors (Lipinski definition) is 4. The standard InChI is InChI=1S/C13H12N2S2/c1-7-4-3-5-9-11(7)15-13(16-9)12-8(2)6-10(14)17-12/h3-6H,14H2,1-2H3. The van der Waals surface area contributed by atoms with Gasteiger partial charge in [-0.1, -0.05) is 12.1 Å². The van der Waals surface area contributed by atoms with Crippen molar-refractivity contribution < 1.29 is 0 Å². The van der Waals surface area contributed by atoms with Crippen molar-refractivity contribution in [2.24, 2.45) is 0 Å². The monoisotopic (exact) mass is 260 g/mol. The summed E-state index contributed by atoms with van der Waals surface area (Å²) in [7, 11) is 0. The Morgan fingerprint density at radius 2 is 1.94 bits per heavy atom. The first kappa shape index (κ1) is 10.7. The van der Waals surface area contributed by atoms with Crippen molar-refractivity contribution in [1.82, 2.24) is 4.98 Å². The van der Waals surface area contributed by atoms with Crippen LogP contribution in [-0.4, -0.2) is 4.98 Å². The van der Waals surface area contributed by atoms with Gasteiger partial charge in [0.2, 0.25) is 0 Å². The number of thiophene rings is 1. The molecule has 2 aromatic heterocycles. The Bertz CT molecular complexity index is 695. The van der Waals surface area contributed by atoms with Crippen molar-refractivity contribution >= 4 is 37.9 Å². The van der Waals surface area contributed by atoms with Gasteiger partial charge >= 0.3 is 0 Å². The van der Waals surface area contributed by atoms with E-state index in [0.29, 0.717) is 0 Å². The third-order valence-corrected chi connectivity index (χ3v) is 4.99. The first-order valence-electron chi connectivity index (χ1n) is 5.37. The molecule has 1 aromatic carbocycles. The predicted octanol–water partition coefficient (Wildman–Crippen LogP) is 4.22. The summed E-state index contributed by atoms with van der Waals surface area (Å²) in [6.45, 7) is 4.18. The number of para-hydroxylation sites is 1. The molecule has 3 rings (SSSR count). The Balaban J connectivity index is 2.25. The van der Waals surface area contributed by atoms with Gasteiger partial charge in [-0.2, -0.15) is 0 Å². The van der Waals surface area contributed by atoms with Gasteiger partial charge in [-0.25, -0.2) is 4.98 Å². The summed E-state index contributed by atoms with van der Waals surface area (Å²) in [6, 6.07) is 8.31. The normalized spacial score (nSPS) is 11.2. The van der Waals surface area contributed by atoms with Gasteiger partial charge in [0.05, 0.1) is 20.1 Å². The molecule has 0 aliphatic carbocycles. The van der Waals surface area contributed by atoms with E-state index in [1.165, 1.54) is 20.7 Å². The molecule has 0 spiro atoms. The summed E-state index contributed by atoms with van der Waals surface area (Å²) in [4.78, 5) is 5.93. The van der Waals surface area contributed by atoms with E-state index in [4.69, 9.17) is 10.7 Å². The Hall–Kier alpha value is -1.39. The van der Waals surface area contributed by atoms with Gasteiger partial charge in [-0.15, -0.1) is 22.7 Å². The molecule has 3 aromatic rings. The number of anilines is 1. The quantitative estimate of drug-likeness (QED) is 0.711. The van der Waals surface area contributed by atoms with Crippen LogP contribution in [0.1, 0.15) is 11.1 Å². The number of fused-ring (bicyclic) bond motifs is 1. The second-order valence-electron chi connectivity index (χ2n) is 4.10. The van der Waals surface area contributed by atoms with Crippen molar-refractivity contribution in [2.45, 2.75) is 13.8 Å². The highest BCUT2D eigenvalue weighted by Crippen LogP contribution is 2.38. The molecule has 0 atom stereocenters. The summed E-state index contributed by atoms with van der Waals surface area (Å²) in [5.41, 5.74) is 9.39. The van der Waals surface area contributed by atoms with Crippen LogP contribution in [0.2, 0.25) is 0 Å². The van der Waals surface area contributed by atoms with Crippen LogP contribution in [0, 0.1) is 13.8 Å². The number of hydrogen-bond donors (Lipinski definition) is 1. The minimum absolute atomic E-state index is 0.855. The number of aryl methyl sites for hydroxylation is 2. The van der Waals surface area contributed by atoms with Crippen LogP contribution in [0.25, 0.3) is 20.1 Å². The smallest absolute Gasteiger partial charge is 0.134 e. The molecule has 0 saturated carbocycles. The van der Waals surface area contributed by atoms with Crippen LogP contribution < -0.4 is 5.73 Å². The van der Waals surface area contributed by atoms with Crippen LogP contribution in [-0.2, 0) is 0 Å². The van der Waals surface area contributed by atoms with Crippen LogP contribution in [0.3, 0.4) is 0 Å². The average molecular weight is 260 g/mol. The van der Waals surface area contributed by atoms with Gasteiger partial charge in [0.1, 0.15) is 5.01 Å². The fourth-order valence-electron chi connectivity index (χ4n) is 1.90. The SMILES string of the molecule is Cc1cc(N)sc1-c1nc2c(C)cccc2s1. The molecule has 0 bridgehead atoms. The highest BCUT2D eigenvalue weighted by Gasteiger charge is 2.12. The van der Waals surface area contributed by atoms with E-state index in [2.05, 4.69) is 32.0 Å². The molecule has 2 heterocycles. The van der Waals surface area contributed by atoms with E-state index in [1.807, 2.05) is 6.07 Å². The predicted molar refractivity (Wildman–Crippen MR) is 76.8 cm³/mol. The first-order valence-corrected chi connectivity index (χ1v) is 7.01. The van der Waals surface area contributed by atoms with Gasteiger partial charge in [-0.3, -0.25) is 0 Å². The zero-order valence-electron chi connectivity index (χ0n) is 9.65. The molecule has 86 valence electrons. The second-order valence-corrected chi connectivity index (χ2v) is 6.22. The minimum atomic E-state index is 0.855. The zero-order chi connectivity index (χ0) is 12.0. The summed E-state index contributed by atoms with van der Waals surface area (Å²) in [5.74, 6) is 0. The van der Waals surface area contributed by atoms with Crippen LogP contribution in [0.15, 0.2) is 24.3 Å². The molecule has 4 heteroatoms. The van der Waals surface area contributed by atoms with E-state index in [0.717, 1.165) is 15.5 Å². The van der Waals surface area contributed by atoms with Gasteiger partial charge < -0.3 is 5.73 Å². The van der Waals surface area contributed by atoms with Gasteiger partial charge in [0.25, 0.3) is 0 Å². The summed E-state index contributed by atoms with van der Waals surface area (Å²) < 4.78 is 1.24. The maximum absolute atomic E-state index is 5.84. The number of nitrogen functional groups attached to an aromatic ring is 1. The van der Waals surface area contributed by atoms with Crippen LogP contribution >= 0.6 is 22.7 Å². The van der Waals surface area contributed by atoms with Gasteiger partial charge in [0.15, 0.2) is 0 Å². The van der Waals surface area contributed by atoms with Crippen molar-refractivity contribution in [3.8, 4) is 9.88 Å².